The number of benzene rings is 3. The molecular formula is C23H26. The van der Waals surface area contributed by atoms with Gasteiger partial charge in [-0.1, -0.05) is 95.1 Å². The summed E-state index contributed by atoms with van der Waals surface area (Å²) in [6, 6.07) is 25.9. The molecule has 0 aliphatic carbocycles. The van der Waals surface area contributed by atoms with Crippen LogP contribution in [0.4, 0.5) is 0 Å². The van der Waals surface area contributed by atoms with Gasteiger partial charge in [-0.3, -0.25) is 0 Å². The summed E-state index contributed by atoms with van der Waals surface area (Å²) in [5, 5.41) is 0. The van der Waals surface area contributed by atoms with Gasteiger partial charge in [0.1, 0.15) is 0 Å². The molecule has 3 aromatic rings. The molecule has 0 amide bonds. The van der Waals surface area contributed by atoms with Crippen LogP contribution in [0.1, 0.15) is 33.4 Å². The third-order valence-electron chi connectivity index (χ3n) is 3.82. The number of aryl methyl sites for hydroxylation is 4. The molecule has 0 heteroatoms. The summed E-state index contributed by atoms with van der Waals surface area (Å²) in [6.45, 7) is 8.45. The van der Waals surface area contributed by atoms with Crippen LogP contribution < -0.4 is 0 Å². The van der Waals surface area contributed by atoms with Gasteiger partial charge in [-0.05, 0) is 45.2 Å². The van der Waals surface area contributed by atoms with Gasteiger partial charge in [0.05, 0.1) is 0 Å². The molecule has 3 rings (SSSR count). The maximum Gasteiger partial charge on any atom is -0.00258 e. The van der Waals surface area contributed by atoms with Crippen molar-refractivity contribution in [1.82, 2.24) is 0 Å². The molecule has 0 saturated carbocycles. The van der Waals surface area contributed by atoms with Crippen LogP contribution in [-0.4, -0.2) is 0 Å². The fourth-order valence-corrected chi connectivity index (χ4v) is 2.45. The Morgan fingerprint density at radius 3 is 1.17 bits per heavy atom. The molecule has 0 radical (unpaired) electrons. The van der Waals surface area contributed by atoms with E-state index >= 15 is 0 Å². The second-order valence-electron chi connectivity index (χ2n) is 6.31. The molecule has 0 spiro atoms. The summed E-state index contributed by atoms with van der Waals surface area (Å²) in [6.07, 6.45) is 1.03. The quantitative estimate of drug-likeness (QED) is 0.529. The normalized spacial score (nSPS) is 9.91. The maximum absolute atomic E-state index is 2.20. The lowest BCUT2D eigenvalue weighted by molar-refractivity contribution is 1.18. The Labute approximate surface area is 140 Å². The van der Waals surface area contributed by atoms with Crippen LogP contribution in [-0.2, 0) is 6.42 Å². The first kappa shape index (κ1) is 17.0. The van der Waals surface area contributed by atoms with Crippen molar-refractivity contribution in [3.8, 4) is 0 Å². The molecule has 0 aliphatic heterocycles. The van der Waals surface area contributed by atoms with E-state index in [9.17, 15) is 0 Å². The molecule has 0 aromatic heterocycles. The summed E-state index contributed by atoms with van der Waals surface area (Å²) >= 11 is 0. The second-order valence-corrected chi connectivity index (χ2v) is 6.31. The van der Waals surface area contributed by atoms with Crippen LogP contribution in [0.15, 0.2) is 72.8 Å². The van der Waals surface area contributed by atoms with E-state index in [1.807, 2.05) is 0 Å². The van der Waals surface area contributed by atoms with Gasteiger partial charge >= 0.3 is 0 Å². The molecule has 0 aliphatic rings. The zero-order chi connectivity index (χ0) is 16.7. The zero-order valence-electron chi connectivity index (χ0n) is 14.6. The first-order valence-electron chi connectivity index (χ1n) is 8.17. The lowest BCUT2D eigenvalue weighted by Crippen LogP contribution is -1.88. The number of hydrogen-bond donors (Lipinski definition) is 0. The highest BCUT2D eigenvalue weighted by molar-refractivity contribution is 5.29. The largest absolute Gasteiger partial charge is 0.0617 e. The molecule has 0 heterocycles. The third kappa shape index (κ3) is 6.12. The van der Waals surface area contributed by atoms with Crippen molar-refractivity contribution in [2.24, 2.45) is 0 Å². The van der Waals surface area contributed by atoms with Crippen LogP contribution in [0.3, 0.4) is 0 Å². The van der Waals surface area contributed by atoms with Crippen molar-refractivity contribution in [3.63, 3.8) is 0 Å². The summed E-state index contributed by atoms with van der Waals surface area (Å²) in [5.41, 5.74) is 8.08. The molecular weight excluding hydrogens is 276 g/mol. The fourth-order valence-electron chi connectivity index (χ4n) is 2.45. The van der Waals surface area contributed by atoms with Crippen molar-refractivity contribution in [3.05, 3.63) is 106 Å². The second kappa shape index (κ2) is 8.33. The minimum atomic E-state index is 1.03. The maximum atomic E-state index is 2.20. The lowest BCUT2D eigenvalue weighted by Gasteiger charge is -2.03. The Hall–Kier alpha value is -2.34. The predicted octanol–water partition coefficient (Wildman–Crippen LogP) is 6.20. The molecule has 23 heavy (non-hydrogen) atoms. The Morgan fingerprint density at radius 1 is 0.478 bits per heavy atom. The molecule has 0 unspecified atom stereocenters. The third-order valence-corrected chi connectivity index (χ3v) is 3.82. The van der Waals surface area contributed by atoms with E-state index in [0.717, 1.165) is 6.42 Å². The van der Waals surface area contributed by atoms with E-state index in [4.69, 9.17) is 0 Å². The Kier molecular flexibility index (Phi) is 6.17. The summed E-state index contributed by atoms with van der Waals surface area (Å²) in [4.78, 5) is 0. The van der Waals surface area contributed by atoms with Gasteiger partial charge in [0.2, 0.25) is 0 Å². The molecule has 0 saturated heterocycles. The van der Waals surface area contributed by atoms with Gasteiger partial charge in [-0.25, -0.2) is 0 Å². The fraction of sp³-hybridized carbons (Fsp3) is 0.217. The average Bonchev–Trinajstić information content (AvgIpc) is 2.52. The highest BCUT2D eigenvalue weighted by Crippen LogP contribution is 2.11. The van der Waals surface area contributed by atoms with Gasteiger partial charge in [-0.2, -0.15) is 0 Å². The van der Waals surface area contributed by atoms with Crippen LogP contribution in [0.5, 0.6) is 0 Å². The van der Waals surface area contributed by atoms with Gasteiger partial charge in [0, 0.05) is 0 Å². The Morgan fingerprint density at radius 2 is 0.870 bits per heavy atom. The van der Waals surface area contributed by atoms with Gasteiger partial charge < -0.3 is 0 Å². The van der Waals surface area contributed by atoms with Crippen molar-refractivity contribution in [1.29, 1.82) is 0 Å². The SMILES string of the molecule is Cc1ccc(Cc2ccc(C)cc2)cc1.Cc1cccc(C)c1. The topological polar surface area (TPSA) is 0 Å². The minimum absolute atomic E-state index is 1.03. The molecule has 3 aromatic carbocycles. The van der Waals surface area contributed by atoms with Crippen LogP contribution >= 0.6 is 0 Å². The Balaban J connectivity index is 0.000000203. The van der Waals surface area contributed by atoms with Crippen LogP contribution in [0, 0.1) is 27.7 Å². The van der Waals surface area contributed by atoms with E-state index in [2.05, 4.69) is 100 Å². The van der Waals surface area contributed by atoms with Crippen molar-refractivity contribution in [2.75, 3.05) is 0 Å². The highest BCUT2D eigenvalue weighted by atomic mass is 14.0. The lowest BCUT2D eigenvalue weighted by atomic mass is 10.0. The van der Waals surface area contributed by atoms with E-state index in [1.165, 1.54) is 33.4 Å². The molecule has 0 nitrogen and oxygen atoms in total. The molecule has 0 N–H and O–H groups in total. The van der Waals surface area contributed by atoms with Gasteiger partial charge in [0.25, 0.3) is 0 Å². The molecule has 0 bridgehead atoms. The Bertz CT molecular complexity index is 658. The standard InChI is InChI=1S/C15H16.C8H10/c1-12-3-7-14(8-4-12)11-15-9-5-13(2)6-10-15;1-7-4-3-5-8(2)6-7/h3-10H,11H2,1-2H3;3-6H,1-2H3. The smallest absolute Gasteiger partial charge is 0.00258 e. The van der Waals surface area contributed by atoms with E-state index in [-0.39, 0.29) is 0 Å². The molecule has 0 fully saturated rings. The predicted molar refractivity (Wildman–Crippen MR) is 101 cm³/mol. The van der Waals surface area contributed by atoms with E-state index in [0.29, 0.717) is 0 Å². The first-order chi connectivity index (χ1) is 11.0. The van der Waals surface area contributed by atoms with E-state index < -0.39 is 0 Å². The monoisotopic (exact) mass is 302 g/mol. The first-order valence-corrected chi connectivity index (χ1v) is 8.17. The number of rotatable bonds is 2. The number of hydrogen-bond acceptors (Lipinski definition) is 0. The summed E-state index contributed by atoms with van der Waals surface area (Å²) in [7, 11) is 0. The van der Waals surface area contributed by atoms with Gasteiger partial charge in [0.15, 0.2) is 0 Å². The zero-order valence-corrected chi connectivity index (χ0v) is 14.6. The van der Waals surface area contributed by atoms with Gasteiger partial charge in [-0.15, -0.1) is 0 Å². The van der Waals surface area contributed by atoms with Crippen LogP contribution in [0.25, 0.3) is 0 Å². The summed E-state index contributed by atoms with van der Waals surface area (Å²) in [5.74, 6) is 0. The average molecular weight is 302 g/mol. The van der Waals surface area contributed by atoms with Crippen LogP contribution in [0.2, 0.25) is 0 Å². The minimum Gasteiger partial charge on any atom is -0.0617 e. The van der Waals surface area contributed by atoms with Crippen molar-refractivity contribution >= 4 is 0 Å². The van der Waals surface area contributed by atoms with E-state index in [1.54, 1.807) is 0 Å². The highest BCUT2D eigenvalue weighted by Gasteiger charge is 1.95. The summed E-state index contributed by atoms with van der Waals surface area (Å²) < 4.78 is 0. The molecule has 118 valence electrons. The molecule has 0 atom stereocenters. The van der Waals surface area contributed by atoms with Crippen molar-refractivity contribution in [2.45, 2.75) is 34.1 Å². The van der Waals surface area contributed by atoms with Crippen molar-refractivity contribution < 1.29 is 0 Å².